The van der Waals surface area contributed by atoms with E-state index in [4.69, 9.17) is 18.1 Å². The predicted molar refractivity (Wildman–Crippen MR) is 165 cm³/mol. The number of hydrogen-bond donors (Lipinski definition) is 0. The van der Waals surface area contributed by atoms with Crippen LogP contribution in [-0.2, 0) is 45.0 Å². The topological polar surface area (TPSA) is 71.1 Å². The fourth-order valence-electron chi connectivity index (χ4n) is 4.59. The van der Waals surface area contributed by atoms with Gasteiger partial charge in [-0.25, -0.2) is 0 Å². The molecule has 0 aliphatic heterocycles. The lowest BCUT2D eigenvalue weighted by atomic mass is 9.86. The number of rotatable bonds is 14. The molecule has 0 saturated carbocycles. The van der Waals surface area contributed by atoms with E-state index in [2.05, 4.69) is 69.3 Å². The molecule has 6 nitrogen and oxygen atoms in total. The van der Waals surface area contributed by atoms with Crippen molar-refractivity contribution in [2.45, 2.75) is 66.2 Å². The third-order valence-corrected chi connectivity index (χ3v) is 10.6. The molecule has 8 heteroatoms. The Balaban J connectivity index is 1.98. The van der Waals surface area contributed by atoms with Crippen molar-refractivity contribution in [3.63, 3.8) is 0 Å². The van der Waals surface area contributed by atoms with E-state index in [9.17, 15) is 9.13 Å². The van der Waals surface area contributed by atoms with Crippen LogP contribution in [0.15, 0.2) is 66.7 Å². The van der Waals surface area contributed by atoms with Gasteiger partial charge in [0.05, 0.1) is 38.8 Å². The summed E-state index contributed by atoms with van der Waals surface area (Å²) >= 11 is 0. The molecule has 0 atom stereocenters. The summed E-state index contributed by atoms with van der Waals surface area (Å²) in [6.45, 7) is 14.9. The largest absolute Gasteiger partial charge is 0.335 e. The van der Waals surface area contributed by atoms with Crippen molar-refractivity contribution in [2.75, 3.05) is 26.4 Å². The Hall–Kier alpha value is -2.04. The molecule has 0 bridgehead atoms. The molecule has 0 saturated heterocycles. The third-order valence-electron chi connectivity index (χ3n) is 6.54. The summed E-state index contributed by atoms with van der Waals surface area (Å²) in [5.74, 6) is 0. The monoisotopic (exact) mass is 586 g/mol. The molecule has 0 aromatic heterocycles. The molecule has 0 radical (unpaired) electrons. The number of benzene rings is 3. The van der Waals surface area contributed by atoms with Crippen LogP contribution in [0.4, 0.5) is 0 Å². The molecule has 0 aliphatic carbocycles. The van der Waals surface area contributed by atoms with E-state index in [0.717, 1.165) is 33.4 Å². The summed E-state index contributed by atoms with van der Waals surface area (Å²) in [5, 5.41) is 0. The molecule has 3 aromatic rings. The first-order valence-corrected chi connectivity index (χ1v) is 17.5. The Morgan fingerprint density at radius 3 is 1.27 bits per heavy atom. The van der Waals surface area contributed by atoms with Gasteiger partial charge in [0.1, 0.15) is 0 Å². The molecule has 0 aliphatic rings. The summed E-state index contributed by atoms with van der Waals surface area (Å²) < 4.78 is 49.2. The van der Waals surface area contributed by atoms with Crippen molar-refractivity contribution in [3.05, 3.63) is 83.4 Å². The van der Waals surface area contributed by atoms with Crippen molar-refractivity contribution in [3.8, 4) is 22.3 Å². The summed E-state index contributed by atoms with van der Waals surface area (Å²) in [7, 11) is -6.79. The van der Waals surface area contributed by atoms with Crippen molar-refractivity contribution < 1.29 is 27.2 Å². The molecule has 40 heavy (non-hydrogen) atoms. The maximum absolute atomic E-state index is 13.5. The van der Waals surface area contributed by atoms with Gasteiger partial charge in [-0.3, -0.25) is 9.13 Å². The van der Waals surface area contributed by atoms with E-state index >= 15 is 0 Å². The van der Waals surface area contributed by atoms with Crippen LogP contribution in [0.1, 0.15) is 65.2 Å². The summed E-state index contributed by atoms with van der Waals surface area (Å²) in [5.41, 5.74) is 7.15. The fraction of sp³-hybridized carbons (Fsp3) is 0.438. The van der Waals surface area contributed by atoms with Gasteiger partial charge in [-0.1, -0.05) is 87.5 Å². The molecule has 218 valence electrons. The quantitative estimate of drug-likeness (QED) is 0.175. The van der Waals surface area contributed by atoms with Crippen LogP contribution >= 0.6 is 15.2 Å². The van der Waals surface area contributed by atoms with E-state index in [1.54, 1.807) is 27.7 Å². The van der Waals surface area contributed by atoms with Crippen molar-refractivity contribution in [2.24, 2.45) is 0 Å². The van der Waals surface area contributed by atoms with Gasteiger partial charge in [-0.2, -0.15) is 0 Å². The van der Waals surface area contributed by atoms with Gasteiger partial charge in [0.25, 0.3) is 0 Å². The second kappa shape index (κ2) is 14.2. The van der Waals surface area contributed by atoms with E-state index in [1.807, 2.05) is 18.2 Å². The van der Waals surface area contributed by atoms with Gasteiger partial charge in [-0.15, -0.1) is 0 Å². The first-order chi connectivity index (χ1) is 19.0. The standard InChI is InChI=1S/C32H44O6P2/c1-8-35-39(33,36-9-2)23-29-17-16-28(22-30(29)24-40(34,37-10-3)38-11-4)27-14-12-25(13-15-27)26-18-20-31(21-19-26)32(5,6)7/h12-22H,8-11,23-24H2,1-7H3. The van der Waals surface area contributed by atoms with Gasteiger partial charge < -0.3 is 18.1 Å². The zero-order chi connectivity index (χ0) is 29.4. The second-order valence-corrected chi connectivity index (χ2v) is 14.7. The first kappa shape index (κ1) is 32.5. The summed E-state index contributed by atoms with van der Waals surface area (Å²) in [4.78, 5) is 0. The molecular weight excluding hydrogens is 542 g/mol. The Morgan fingerprint density at radius 2 is 0.875 bits per heavy atom. The lowest BCUT2D eigenvalue weighted by molar-refractivity contribution is 0.217. The lowest BCUT2D eigenvalue weighted by Gasteiger charge is -2.22. The van der Waals surface area contributed by atoms with Crippen LogP contribution in [0.5, 0.6) is 0 Å². The van der Waals surface area contributed by atoms with Crippen LogP contribution in [-0.4, -0.2) is 26.4 Å². The molecule has 0 spiro atoms. The SMILES string of the molecule is CCOP(=O)(Cc1ccc(-c2ccc(-c3ccc(C(C)(C)C)cc3)cc2)cc1CP(=O)(OCC)OCC)OCC. The Kier molecular flexibility index (Phi) is 11.6. The zero-order valence-electron chi connectivity index (χ0n) is 24.9. The molecular formula is C32H44O6P2. The van der Waals surface area contributed by atoms with Gasteiger partial charge in [0.15, 0.2) is 0 Å². The molecule has 3 rings (SSSR count). The predicted octanol–water partition coefficient (Wildman–Crippen LogP) is 9.85. The molecule has 0 heterocycles. The van der Waals surface area contributed by atoms with E-state index in [-0.39, 0.29) is 44.2 Å². The maximum atomic E-state index is 13.5. The smallest absolute Gasteiger partial charge is 0.309 e. The van der Waals surface area contributed by atoms with E-state index in [0.29, 0.717) is 0 Å². The average molecular weight is 587 g/mol. The highest BCUT2D eigenvalue weighted by atomic mass is 31.2. The average Bonchev–Trinajstić information content (AvgIpc) is 2.90. The zero-order valence-corrected chi connectivity index (χ0v) is 26.7. The molecule has 0 amide bonds. The first-order valence-electron chi connectivity index (χ1n) is 14.0. The molecule has 0 N–H and O–H groups in total. The van der Waals surface area contributed by atoms with Gasteiger partial charge in [-0.05, 0) is 72.1 Å². The normalized spacial score (nSPS) is 12.6. The van der Waals surface area contributed by atoms with Gasteiger partial charge in [0.2, 0.25) is 0 Å². The minimum Gasteiger partial charge on any atom is -0.309 e. The lowest BCUT2D eigenvalue weighted by Crippen LogP contribution is -2.10. The van der Waals surface area contributed by atoms with Gasteiger partial charge in [0, 0.05) is 0 Å². The fourth-order valence-corrected chi connectivity index (χ4v) is 8.11. The minimum absolute atomic E-state index is 0.0638. The number of hydrogen-bond acceptors (Lipinski definition) is 6. The highest BCUT2D eigenvalue weighted by Crippen LogP contribution is 2.55. The van der Waals surface area contributed by atoms with Crippen molar-refractivity contribution in [1.82, 2.24) is 0 Å². The minimum atomic E-state index is -3.41. The van der Waals surface area contributed by atoms with Gasteiger partial charge >= 0.3 is 15.2 Å². The molecule has 0 unspecified atom stereocenters. The maximum Gasteiger partial charge on any atom is 0.335 e. The van der Waals surface area contributed by atoms with Crippen molar-refractivity contribution >= 4 is 15.2 Å². The summed E-state index contributed by atoms with van der Waals surface area (Å²) in [6, 6.07) is 23.0. The van der Waals surface area contributed by atoms with Crippen LogP contribution in [0.2, 0.25) is 0 Å². The van der Waals surface area contributed by atoms with Crippen LogP contribution in [0, 0.1) is 0 Å². The van der Waals surface area contributed by atoms with Crippen LogP contribution in [0.3, 0.4) is 0 Å². The second-order valence-electron chi connectivity index (χ2n) is 10.6. The summed E-state index contributed by atoms with van der Waals surface area (Å²) in [6.07, 6.45) is 0.139. The highest BCUT2D eigenvalue weighted by molar-refractivity contribution is 7.53. The molecule has 0 fully saturated rings. The van der Waals surface area contributed by atoms with Crippen LogP contribution in [0.25, 0.3) is 22.3 Å². The van der Waals surface area contributed by atoms with E-state index in [1.165, 1.54) is 5.56 Å². The highest BCUT2D eigenvalue weighted by Gasteiger charge is 2.30. The van der Waals surface area contributed by atoms with Crippen LogP contribution < -0.4 is 0 Å². The molecule has 3 aromatic carbocycles. The third kappa shape index (κ3) is 8.73. The Morgan fingerprint density at radius 1 is 0.525 bits per heavy atom. The Bertz CT molecular complexity index is 1310. The van der Waals surface area contributed by atoms with E-state index < -0.39 is 15.2 Å². The Labute approximate surface area is 240 Å². The van der Waals surface area contributed by atoms with Crippen molar-refractivity contribution in [1.29, 1.82) is 0 Å².